The third-order valence-corrected chi connectivity index (χ3v) is 4.51. The highest BCUT2D eigenvalue weighted by molar-refractivity contribution is 5.91. The zero-order valence-electron chi connectivity index (χ0n) is 17.9. The van der Waals surface area contributed by atoms with Gasteiger partial charge in [0.1, 0.15) is 11.4 Å². The lowest BCUT2D eigenvalue weighted by Gasteiger charge is -2.36. The summed E-state index contributed by atoms with van der Waals surface area (Å²) in [5.74, 6) is -0.566. The van der Waals surface area contributed by atoms with E-state index in [2.05, 4.69) is 15.2 Å². The molecule has 1 aliphatic rings. The SMILES string of the molecule is CC(C)(C)OC(=O)N1CCN(c2ccc(NC(=O)COc3ccccc3F)nc2)CC1. The average Bonchev–Trinajstić information content (AvgIpc) is 2.73. The maximum absolute atomic E-state index is 13.5. The number of carbonyl (C=O) groups is 2. The lowest BCUT2D eigenvalue weighted by atomic mass is 10.2. The minimum absolute atomic E-state index is 0.0199. The van der Waals surface area contributed by atoms with Crippen molar-refractivity contribution in [1.29, 1.82) is 0 Å². The number of benzene rings is 1. The predicted molar refractivity (Wildman–Crippen MR) is 115 cm³/mol. The summed E-state index contributed by atoms with van der Waals surface area (Å²) in [6, 6.07) is 9.44. The molecule has 1 fully saturated rings. The standard InChI is InChI=1S/C22H27FN4O4/c1-22(2,3)31-21(29)27-12-10-26(11-13-27)16-8-9-19(24-14-16)25-20(28)15-30-18-7-5-4-6-17(18)23/h4-9,14H,10-13,15H2,1-3H3,(H,24,25,28). The molecule has 31 heavy (non-hydrogen) atoms. The van der Waals surface area contributed by atoms with Gasteiger partial charge in [-0.1, -0.05) is 12.1 Å². The Morgan fingerprint density at radius 2 is 1.81 bits per heavy atom. The summed E-state index contributed by atoms with van der Waals surface area (Å²) < 4.78 is 24.1. The van der Waals surface area contributed by atoms with E-state index in [1.54, 1.807) is 29.3 Å². The summed E-state index contributed by atoms with van der Waals surface area (Å²) in [4.78, 5) is 32.3. The van der Waals surface area contributed by atoms with Gasteiger partial charge in [-0.15, -0.1) is 0 Å². The number of halogens is 1. The molecular formula is C22H27FN4O4. The molecule has 1 aliphatic heterocycles. The summed E-state index contributed by atoms with van der Waals surface area (Å²) in [6.45, 7) is 7.64. The highest BCUT2D eigenvalue weighted by atomic mass is 19.1. The van der Waals surface area contributed by atoms with Crippen LogP contribution in [0.4, 0.5) is 20.7 Å². The van der Waals surface area contributed by atoms with Gasteiger partial charge in [-0.05, 0) is 45.0 Å². The fourth-order valence-corrected chi connectivity index (χ4v) is 3.00. The van der Waals surface area contributed by atoms with Gasteiger partial charge in [0.2, 0.25) is 0 Å². The van der Waals surface area contributed by atoms with Gasteiger partial charge >= 0.3 is 6.09 Å². The molecule has 1 N–H and O–H groups in total. The Labute approximate surface area is 181 Å². The van der Waals surface area contributed by atoms with Crippen LogP contribution in [0.3, 0.4) is 0 Å². The summed E-state index contributed by atoms with van der Waals surface area (Å²) >= 11 is 0. The van der Waals surface area contributed by atoms with Crippen LogP contribution in [0.25, 0.3) is 0 Å². The summed E-state index contributed by atoms with van der Waals surface area (Å²) in [7, 11) is 0. The van der Waals surface area contributed by atoms with E-state index in [0.717, 1.165) is 5.69 Å². The lowest BCUT2D eigenvalue weighted by molar-refractivity contribution is -0.118. The van der Waals surface area contributed by atoms with Crippen LogP contribution in [0, 0.1) is 5.82 Å². The Kier molecular flexibility index (Phi) is 6.94. The molecule has 8 nitrogen and oxygen atoms in total. The largest absolute Gasteiger partial charge is 0.481 e. The van der Waals surface area contributed by atoms with Crippen molar-refractivity contribution >= 4 is 23.5 Å². The highest BCUT2D eigenvalue weighted by Crippen LogP contribution is 2.19. The third-order valence-electron chi connectivity index (χ3n) is 4.51. The maximum atomic E-state index is 13.5. The molecule has 2 amide bonds. The van der Waals surface area contributed by atoms with Crippen LogP contribution < -0.4 is 15.0 Å². The number of para-hydroxylation sites is 1. The van der Waals surface area contributed by atoms with E-state index in [4.69, 9.17) is 9.47 Å². The summed E-state index contributed by atoms with van der Waals surface area (Å²) in [6.07, 6.45) is 1.36. The molecule has 1 aromatic carbocycles. The molecule has 2 heterocycles. The number of pyridine rings is 1. The molecular weight excluding hydrogens is 403 g/mol. The molecule has 0 spiro atoms. The van der Waals surface area contributed by atoms with Crippen molar-refractivity contribution in [1.82, 2.24) is 9.88 Å². The Balaban J connectivity index is 1.46. The molecule has 0 bridgehead atoms. The first-order chi connectivity index (χ1) is 14.7. The van der Waals surface area contributed by atoms with E-state index >= 15 is 0 Å². The number of hydrogen-bond donors (Lipinski definition) is 1. The van der Waals surface area contributed by atoms with Gasteiger partial charge in [-0.25, -0.2) is 14.2 Å². The number of anilines is 2. The van der Waals surface area contributed by atoms with Crippen molar-refractivity contribution in [2.75, 3.05) is 43.0 Å². The van der Waals surface area contributed by atoms with Crippen molar-refractivity contribution in [3.05, 3.63) is 48.4 Å². The van der Waals surface area contributed by atoms with Gasteiger partial charge in [0.25, 0.3) is 5.91 Å². The second kappa shape index (κ2) is 9.63. The summed E-state index contributed by atoms with van der Waals surface area (Å²) in [5, 5.41) is 2.62. The Hall–Kier alpha value is -3.36. The normalized spacial score (nSPS) is 14.2. The van der Waals surface area contributed by atoms with Crippen LogP contribution in [-0.4, -0.2) is 60.3 Å². The fraction of sp³-hybridized carbons (Fsp3) is 0.409. The minimum Gasteiger partial charge on any atom is -0.481 e. The van der Waals surface area contributed by atoms with E-state index in [9.17, 15) is 14.0 Å². The number of rotatable bonds is 5. The van der Waals surface area contributed by atoms with Crippen LogP contribution in [0.15, 0.2) is 42.6 Å². The molecule has 3 rings (SSSR count). The van der Waals surface area contributed by atoms with E-state index < -0.39 is 17.3 Å². The first-order valence-corrected chi connectivity index (χ1v) is 10.1. The monoisotopic (exact) mass is 430 g/mol. The molecule has 9 heteroatoms. The first-order valence-electron chi connectivity index (χ1n) is 10.1. The highest BCUT2D eigenvalue weighted by Gasteiger charge is 2.26. The molecule has 0 aliphatic carbocycles. The zero-order chi connectivity index (χ0) is 22.4. The smallest absolute Gasteiger partial charge is 0.410 e. The van der Waals surface area contributed by atoms with Gasteiger partial charge in [0.15, 0.2) is 18.2 Å². The van der Waals surface area contributed by atoms with Gasteiger partial charge in [-0.2, -0.15) is 0 Å². The minimum atomic E-state index is -0.524. The van der Waals surface area contributed by atoms with Crippen LogP contribution in [0.5, 0.6) is 5.75 Å². The number of piperazine rings is 1. The predicted octanol–water partition coefficient (Wildman–Crippen LogP) is 3.30. The topological polar surface area (TPSA) is 84.0 Å². The average molecular weight is 430 g/mol. The number of nitrogens with zero attached hydrogens (tertiary/aromatic N) is 3. The maximum Gasteiger partial charge on any atom is 0.410 e. The van der Waals surface area contributed by atoms with Crippen molar-refractivity contribution in [3.8, 4) is 5.75 Å². The Bertz CT molecular complexity index is 906. The zero-order valence-corrected chi connectivity index (χ0v) is 17.9. The van der Waals surface area contributed by atoms with Gasteiger partial charge in [-0.3, -0.25) is 4.79 Å². The van der Waals surface area contributed by atoms with Gasteiger partial charge in [0.05, 0.1) is 11.9 Å². The molecule has 1 aromatic heterocycles. The Morgan fingerprint density at radius 3 is 2.42 bits per heavy atom. The van der Waals surface area contributed by atoms with Crippen LogP contribution in [0.2, 0.25) is 0 Å². The van der Waals surface area contributed by atoms with Crippen molar-refractivity contribution in [2.45, 2.75) is 26.4 Å². The van der Waals surface area contributed by atoms with Gasteiger partial charge in [0, 0.05) is 26.2 Å². The first kappa shape index (κ1) is 22.3. The molecule has 0 unspecified atom stereocenters. The lowest BCUT2D eigenvalue weighted by Crippen LogP contribution is -2.50. The quantitative estimate of drug-likeness (QED) is 0.784. The van der Waals surface area contributed by atoms with Crippen LogP contribution >= 0.6 is 0 Å². The molecule has 1 saturated heterocycles. The number of aromatic nitrogens is 1. The van der Waals surface area contributed by atoms with Crippen LogP contribution in [-0.2, 0) is 9.53 Å². The number of amides is 2. The molecule has 166 valence electrons. The van der Waals surface area contributed by atoms with E-state index in [1.807, 2.05) is 26.8 Å². The molecule has 0 radical (unpaired) electrons. The van der Waals surface area contributed by atoms with E-state index in [1.165, 1.54) is 12.1 Å². The molecule has 0 saturated carbocycles. The Morgan fingerprint density at radius 1 is 1.10 bits per heavy atom. The molecule has 0 atom stereocenters. The van der Waals surface area contributed by atoms with E-state index in [0.29, 0.717) is 32.0 Å². The van der Waals surface area contributed by atoms with Crippen molar-refractivity contribution < 1.29 is 23.5 Å². The van der Waals surface area contributed by atoms with Crippen molar-refractivity contribution in [2.24, 2.45) is 0 Å². The number of ether oxygens (including phenoxy) is 2. The van der Waals surface area contributed by atoms with E-state index in [-0.39, 0.29) is 18.4 Å². The van der Waals surface area contributed by atoms with Gasteiger partial charge < -0.3 is 24.6 Å². The molecule has 2 aromatic rings. The third kappa shape index (κ3) is 6.56. The van der Waals surface area contributed by atoms with Crippen molar-refractivity contribution in [3.63, 3.8) is 0 Å². The fourth-order valence-electron chi connectivity index (χ4n) is 3.00. The van der Waals surface area contributed by atoms with Crippen LogP contribution in [0.1, 0.15) is 20.8 Å². The number of nitrogens with one attached hydrogen (secondary N) is 1. The summed E-state index contributed by atoms with van der Waals surface area (Å²) in [5.41, 5.74) is 0.378. The number of carbonyl (C=O) groups excluding carboxylic acids is 2. The second-order valence-corrected chi connectivity index (χ2v) is 8.12. The second-order valence-electron chi connectivity index (χ2n) is 8.12. The number of hydrogen-bond acceptors (Lipinski definition) is 6.